The summed E-state index contributed by atoms with van der Waals surface area (Å²) in [5.74, 6) is -1.66. The molecule has 0 radical (unpaired) electrons. The van der Waals surface area contributed by atoms with Crippen LogP contribution in [0.15, 0.2) is 61.1 Å². The highest BCUT2D eigenvalue weighted by molar-refractivity contribution is 5.84. The average molecular weight is 377 g/mol. The third-order valence-electron chi connectivity index (χ3n) is 5.83. The number of pyridine rings is 1. The van der Waals surface area contributed by atoms with Crippen molar-refractivity contribution in [1.29, 1.82) is 0 Å². The van der Waals surface area contributed by atoms with Gasteiger partial charge in [0.2, 0.25) is 0 Å². The Morgan fingerprint density at radius 3 is 2.61 bits per heavy atom. The topological polar surface area (TPSA) is 21.1 Å². The molecular formula is C23H21F2N3. The van der Waals surface area contributed by atoms with E-state index in [1.54, 1.807) is 18.5 Å². The Kier molecular flexibility index (Phi) is 4.32. The zero-order valence-electron chi connectivity index (χ0n) is 15.5. The molecule has 1 fully saturated rings. The number of aromatic nitrogens is 2. The second-order valence-corrected chi connectivity index (χ2v) is 7.47. The smallest absolute Gasteiger partial charge is 0.159 e. The number of fused-ring (bicyclic) bond motifs is 1. The highest BCUT2D eigenvalue weighted by atomic mass is 19.2. The second-order valence-electron chi connectivity index (χ2n) is 7.47. The molecule has 0 aliphatic carbocycles. The molecule has 1 unspecified atom stereocenters. The number of hydrogen-bond acceptors (Lipinski definition) is 2. The molecule has 0 N–H and O–H groups in total. The van der Waals surface area contributed by atoms with Gasteiger partial charge in [-0.1, -0.05) is 0 Å². The number of rotatable bonds is 3. The van der Waals surface area contributed by atoms with Crippen molar-refractivity contribution < 1.29 is 8.78 Å². The van der Waals surface area contributed by atoms with Gasteiger partial charge < -0.3 is 4.57 Å². The lowest BCUT2D eigenvalue weighted by atomic mass is 10.0. The first kappa shape index (κ1) is 17.3. The Morgan fingerprint density at radius 1 is 0.929 bits per heavy atom. The summed E-state index contributed by atoms with van der Waals surface area (Å²) >= 11 is 0. The fraction of sp³-hybridized carbons (Fsp3) is 0.261. The SMILES string of the molecule is Fc1ccc(-c2c(-c3ccncc3)ccn2C2=CC3CCCN3CC2)cc1F. The van der Waals surface area contributed by atoms with Crippen molar-refractivity contribution in [2.24, 2.45) is 0 Å². The molecule has 0 bridgehead atoms. The van der Waals surface area contributed by atoms with Crippen LogP contribution < -0.4 is 0 Å². The summed E-state index contributed by atoms with van der Waals surface area (Å²) in [5.41, 5.74) is 4.78. The Balaban J connectivity index is 1.67. The molecule has 5 rings (SSSR count). The Labute approximate surface area is 162 Å². The maximum Gasteiger partial charge on any atom is 0.159 e. The van der Waals surface area contributed by atoms with Crippen LogP contribution in [0.2, 0.25) is 0 Å². The number of halogens is 2. The highest BCUT2D eigenvalue weighted by Gasteiger charge is 2.28. The Bertz CT molecular complexity index is 1040. The van der Waals surface area contributed by atoms with Crippen LogP contribution in [-0.4, -0.2) is 33.6 Å². The average Bonchev–Trinajstić information content (AvgIpc) is 3.37. The number of nitrogens with zero attached hydrogens (tertiary/aromatic N) is 3. The number of hydrogen-bond donors (Lipinski definition) is 0. The van der Waals surface area contributed by atoms with Crippen LogP contribution in [0.1, 0.15) is 19.3 Å². The molecule has 1 saturated heterocycles. The van der Waals surface area contributed by atoms with Gasteiger partial charge in [-0.2, -0.15) is 0 Å². The predicted octanol–water partition coefficient (Wildman–Crippen LogP) is 5.20. The molecule has 28 heavy (non-hydrogen) atoms. The van der Waals surface area contributed by atoms with E-state index in [0.717, 1.165) is 29.8 Å². The first-order valence-electron chi connectivity index (χ1n) is 9.73. The number of benzene rings is 1. The zero-order valence-corrected chi connectivity index (χ0v) is 15.5. The predicted molar refractivity (Wildman–Crippen MR) is 107 cm³/mol. The lowest BCUT2D eigenvalue weighted by molar-refractivity contribution is 0.285. The van der Waals surface area contributed by atoms with Crippen LogP contribution in [0, 0.1) is 11.6 Å². The molecule has 0 spiro atoms. The van der Waals surface area contributed by atoms with Crippen LogP contribution in [0.25, 0.3) is 28.1 Å². The largest absolute Gasteiger partial charge is 0.320 e. The molecule has 142 valence electrons. The van der Waals surface area contributed by atoms with Crippen LogP contribution in [-0.2, 0) is 0 Å². The van der Waals surface area contributed by atoms with Crippen molar-refractivity contribution in [2.45, 2.75) is 25.3 Å². The molecule has 3 nitrogen and oxygen atoms in total. The van der Waals surface area contributed by atoms with E-state index in [1.807, 2.05) is 24.4 Å². The first-order valence-corrected chi connectivity index (χ1v) is 9.73. The maximum absolute atomic E-state index is 14.0. The van der Waals surface area contributed by atoms with Crippen LogP contribution in [0.4, 0.5) is 8.78 Å². The standard InChI is InChI=1S/C23H21F2N3/c24-21-4-3-17(14-22(21)25)23-20(16-5-9-26-10-6-16)8-13-28(23)19-7-12-27-11-1-2-18(27)15-19/h3-6,8-10,13-15,18H,1-2,7,11-12H2. The molecule has 5 heteroatoms. The zero-order chi connectivity index (χ0) is 19.1. The van der Waals surface area contributed by atoms with Gasteiger partial charge in [-0.3, -0.25) is 9.88 Å². The Hall–Kier alpha value is -2.79. The molecular weight excluding hydrogens is 356 g/mol. The summed E-state index contributed by atoms with van der Waals surface area (Å²) in [5, 5.41) is 0. The van der Waals surface area contributed by atoms with Gasteiger partial charge in [-0.25, -0.2) is 8.78 Å². The lowest BCUT2D eigenvalue weighted by Crippen LogP contribution is -2.33. The van der Waals surface area contributed by atoms with E-state index in [0.29, 0.717) is 11.6 Å². The van der Waals surface area contributed by atoms with Crippen molar-refractivity contribution in [1.82, 2.24) is 14.5 Å². The normalized spacial score (nSPS) is 19.5. The van der Waals surface area contributed by atoms with Crippen molar-refractivity contribution in [2.75, 3.05) is 13.1 Å². The van der Waals surface area contributed by atoms with Gasteiger partial charge in [0, 0.05) is 54.4 Å². The summed E-state index contributed by atoms with van der Waals surface area (Å²) in [6.45, 7) is 2.20. The van der Waals surface area contributed by atoms with Gasteiger partial charge in [0.15, 0.2) is 11.6 Å². The molecule has 0 saturated carbocycles. The minimum Gasteiger partial charge on any atom is -0.320 e. The van der Waals surface area contributed by atoms with E-state index in [9.17, 15) is 8.78 Å². The monoisotopic (exact) mass is 377 g/mol. The van der Waals surface area contributed by atoms with E-state index in [2.05, 4.69) is 20.5 Å². The van der Waals surface area contributed by atoms with E-state index in [-0.39, 0.29) is 0 Å². The molecule has 2 aliphatic heterocycles. The summed E-state index contributed by atoms with van der Waals surface area (Å²) in [4.78, 5) is 6.62. The minimum atomic E-state index is -0.828. The first-order chi connectivity index (χ1) is 13.7. The minimum absolute atomic E-state index is 0.480. The summed E-state index contributed by atoms with van der Waals surface area (Å²) in [6, 6.07) is 10.6. The van der Waals surface area contributed by atoms with Gasteiger partial charge >= 0.3 is 0 Å². The van der Waals surface area contributed by atoms with E-state index in [1.165, 1.54) is 37.2 Å². The summed E-state index contributed by atoms with van der Waals surface area (Å²) in [6.07, 6.45) is 11.2. The van der Waals surface area contributed by atoms with Gasteiger partial charge in [0.05, 0.1) is 5.69 Å². The van der Waals surface area contributed by atoms with Crippen molar-refractivity contribution in [3.8, 4) is 22.4 Å². The van der Waals surface area contributed by atoms with Crippen LogP contribution in [0.5, 0.6) is 0 Å². The van der Waals surface area contributed by atoms with Crippen molar-refractivity contribution >= 4 is 5.70 Å². The molecule has 3 aromatic rings. The van der Waals surface area contributed by atoms with Crippen molar-refractivity contribution in [3.05, 3.63) is 72.7 Å². The van der Waals surface area contributed by atoms with Crippen LogP contribution in [0.3, 0.4) is 0 Å². The van der Waals surface area contributed by atoms with Gasteiger partial charge in [0.25, 0.3) is 0 Å². The highest BCUT2D eigenvalue weighted by Crippen LogP contribution is 2.38. The van der Waals surface area contributed by atoms with E-state index < -0.39 is 11.6 Å². The summed E-state index contributed by atoms with van der Waals surface area (Å²) in [7, 11) is 0. The fourth-order valence-corrected chi connectivity index (χ4v) is 4.46. The van der Waals surface area contributed by atoms with Gasteiger partial charge in [0.1, 0.15) is 0 Å². The van der Waals surface area contributed by atoms with Crippen molar-refractivity contribution in [3.63, 3.8) is 0 Å². The molecule has 4 heterocycles. The van der Waals surface area contributed by atoms with E-state index in [4.69, 9.17) is 0 Å². The molecule has 1 atom stereocenters. The third kappa shape index (κ3) is 2.96. The molecule has 2 aliphatic rings. The summed E-state index contributed by atoms with van der Waals surface area (Å²) < 4.78 is 29.7. The fourth-order valence-electron chi connectivity index (χ4n) is 4.46. The van der Waals surface area contributed by atoms with Crippen LogP contribution >= 0.6 is 0 Å². The van der Waals surface area contributed by atoms with E-state index >= 15 is 0 Å². The molecule has 1 aromatic carbocycles. The lowest BCUT2D eigenvalue weighted by Gasteiger charge is -2.29. The maximum atomic E-state index is 14.0. The van der Waals surface area contributed by atoms with Gasteiger partial charge in [-0.15, -0.1) is 0 Å². The molecule has 0 amide bonds. The third-order valence-corrected chi connectivity index (χ3v) is 5.83. The molecule has 2 aromatic heterocycles. The van der Waals surface area contributed by atoms with Gasteiger partial charge in [-0.05, 0) is 67.4 Å². The quantitative estimate of drug-likeness (QED) is 0.625. The second kappa shape index (κ2) is 6.99. The Morgan fingerprint density at radius 2 is 1.79 bits per heavy atom.